The highest BCUT2D eigenvalue weighted by Gasteiger charge is 2.12. The summed E-state index contributed by atoms with van der Waals surface area (Å²) < 4.78 is 5.00. The highest BCUT2D eigenvalue weighted by Crippen LogP contribution is 2.14. The summed E-state index contributed by atoms with van der Waals surface area (Å²) in [6, 6.07) is 7.20. The Morgan fingerprint density at radius 3 is 2.64 bits per heavy atom. The third kappa shape index (κ3) is 4.44. The average molecular weight is 300 g/mol. The van der Waals surface area contributed by atoms with Crippen LogP contribution in [0.5, 0.6) is 5.88 Å². The third-order valence-electron chi connectivity index (χ3n) is 3.28. The molecule has 2 aromatic heterocycles. The molecule has 6 heteroatoms. The smallest absolute Gasteiger partial charge is 0.315 e. The van der Waals surface area contributed by atoms with E-state index in [1.807, 2.05) is 25.1 Å². The van der Waals surface area contributed by atoms with Crippen molar-refractivity contribution in [1.29, 1.82) is 0 Å². The molecule has 2 heterocycles. The van der Waals surface area contributed by atoms with Gasteiger partial charge in [0.1, 0.15) is 0 Å². The van der Waals surface area contributed by atoms with Crippen molar-refractivity contribution in [2.24, 2.45) is 0 Å². The molecule has 0 aromatic carbocycles. The molecule has 0 bridgehead atoms. The van der Waals surface area contributed by atoms with Crippen molar-refractivity contribution in [3.8, 4) is 5.88 Å². The van der Waals surface area contributed by atoms with Crippen molar-refractivity contribution >= 4 is 6.03 Å². The lowest BCUT2D eigenvalue weighted by molar-refractivity contribution is 0.236. The van der Waals surface area contributed by atoms with Gasteiger partial charge in [-0.25, -0.2) is 9.78 Å². The second-order valence-corrected chi connectivity index (χ2v) is 4.78. The molecule has 0 spiro atoms. The van der Waals surface area contributed by atoms with Crippen LogP contribution in [0.15, 0.2) is 42.9 Å². The topological polar surface area (TPSA) is 76.1 Å². The van der Waals surface area contributed by atoms with Gasteiger partial charge in [0, 0.05) is 31.2 Å². The number of nitrogens with one attached hydrogen (secondary N) is 2. The second kappa shape index (κ2) is 7.97. The molecule has 2 aromatic rings. The zero-order valence-electron chi connectivity index (χ0n) is 12.7. The van der Waals surface area contributed by atoms with Gasteiger partial charge in [-0.15, -0.1) is 0 Å². The summed E-state index contributed by atoms with van der Waals surface area (Å²) in [5.74, 6) is 0.553. The van der Waals surface area contributed by atoms with Gasteiger partial charge in [0.25, 0.3) is 0 Å². The maximum Gasteiger partial charge on any atom is 0.315 e. The monoisotopic (exact) mass is 300 g/mol. The molecule has 0 fully saturated rings. The quantitative estimate of drug-likeness (QED) is 0.859. The molecule has 2 N–H and O–H groups in total. The SMILES string of the molecule is CCC(NC(=O)NCc1ccc(OC)nc1)c1ccncc1. The fourth-order valence-corrected chi connectivity index (χ4v) is 2.04. The Labute approximate surface area is 129 Å². The van der Waals surface area contributed by atoms with Crippen LogP contribution >= 0.6 is 0 Å². The first-order valence-electron chi connectivity index (χ1n) is 7.16. The van der Waals surface area contributed by atoms with Crippen LogP contribution in [0.3, 0.4) is 0 Å². The molecule has 6 nitrogen and oxygen atoms in total. The van der Waals surface area contributed by atoms with Gasteiger partial charge in [0.15, 0.2) is 0 Å². The summed E-state index contributed by atoms with van der Waals surface area (Å²) in [5, 5.41) is 5.78. The fraction of sp³-hybridized carbons (Fsp3) is 0.312. The maximum atomic E-state index is 12.0. The molecule has 0 aliphatic rings. The zero-order valence-corrected chi connectivity index (χ0v) is 12.7. The first-order valence-corrected chi connectivity index (χ1v) is 7.16. The first-order chi connectivity index (χ1) is 10.7. The van der Waals surface area contributed by atoms with E-state index in [2.05, 4.69) is 20.6 Å². The number of aromatic nitrogens is 2. The number of nitrogens with zero attached hydrogens (tertiary/aromatic N) is 2. The lowest BCUT2D eigenvalue weighted by Gasteiger charge is -2.17. The predicted molar refractivity (Wildman–Crippen MR) is 83.4 cm³/mol. The second-order valence-electron chi connectivity index (χ2n) is 4.78. The number of ether oxygens (including phenoxy) is 1. The van der Waals surface area contributed by atoms with Crippen molar-refractivity contribution in [1.82, 2.24) is 20.6 Å². The average Bonchev–Trinajstić information content (AvgIpc) is 2.59. The molecule has 1 unspecified atom stereocenters. The molecular formula is C16H20N4O2. The van der Waals surface area contributed by atoms with Gasteiger partial charge < -0.3 is 15.4 Å². The summed E-state index contributed by atoms with van der Waals surface area (Å²) in [6.07, 6.45) is 5.93. The lowest BCUT2D eigenvalue weighted by Crippen LogP contribution is -2.37. The summed E-state index contributed by atoms with van der Waals surface area (Å²) in [7, 11) is 1.57. The summed E-state index contributed by atoms with van der Waals surface area (Å²) in [4.78, 5) is 20.1. The molecule has 0 saturated heterocycles. The van der Waals surface area contributed by atoms with Crippen LogP contribution in [-0.2, 0) is 6.54 Å². The Bertz CT molecular complexity index is 587. The number of urea groups is 1. The van der Waals surface area contributed by atoms with Crippen molar-refractivity contribution in [2.75, 3.05) is 7.11 Å². The Balaban J connectivity index is 1.86. The number of methoxy groups -OCH3 is 1. The van der Waals surface area contributed by atoms with Crippen molar-refractivity contribution < 1.29 is 9.53 Å². The number of carbonyl (C=O) groups excluding carboxylic acids is 1. The number of carbonyl (C=O) groups is 1. The molecule has 0 saturated carbocycles. The zero-order chi connectivity index (χ0) is 15.8. The number of pyridine rings is 2. The number of hydrogen-bond acceptors (Lipinski definition) is 4. The minimum absolute atomic E-state index is 0.0306. The minimum Gasteiger partial charge on any atom is -0.481 e. The molecule has 0 aliphatic carbocycles. The van der Waals surface area contributed by atoms with Crippen LogP contribution in [-0.4, -0.2) is 23.1 Å². The van der Waals surface area contributed by atoms with Gasteiger partial charge >= 0.3 is 6.03 Å². The molecule has 0 aliphatic heterocycles. The summed E-state index contributed by atoms with van der Waals surface area (Å²) in [6.45, 7) is 2.44. The highest BCUT2D eigenvalue weighted by molar-refractivity contribution is 5.74. The van der Waals surface area contributed by atoms with Crippen molar-refractivity contribution in [3.05, 3.63) is 54.0 Å². The number of amides is 2. The summed E-state index contributed by atoms with van der Waals surface area (Å²) in [5.41, 5.74) is 1.95. The van der Waals surface area contributed by atoms with Gasteiger partial charge in [-0.05, 0) is 29.7 Å². The van der Waals surface area contributed by atoms with E-state index in [9.17, 15) is 4.79 Å². The van der Waals surface area contributed by atoms with Gasteiger partial charge in [-0.2, -0.15) is 0 Å². The van der Waals surface area contributed by atoms with Crippen LogP contribution in [0, 0.1) is 0 Å². The van der Waals surface area contributed by atoms with E-state index in [0.717, 1.165) is 17.5 Å². The normalized spacial score (nSPS) is 11.5. The van der Waals surface area contributed by atoms with Gasteiger partial charge in [-0.3, -0.25) is 4.98 Å². The lowest BCUT2D eigenvalue weighted by atomic mass is 10.1. The Hall–Kier alpha value is -2.63. The highest BCUT2D eigenvalue weighted by atomic mass is 16.5. The molecule has 1 atom stereocenters. The molecule has 0 radical (unpaired) electrons. The van der Waals surface area contributed by atoms with Crippen LogP contribution in [0.1, 0.15) is 30.5 Å². The van der Waals surface area contributed by atoms with Crippen LogP contribution in [0.25, 0.3) is 0 Å². The maximum absolute atomic E-state index is 12.0. The van der Waals surface area contributed by atoms with Crippen LogP contribution in [0.2, 0.25) is 0 Å². The fourth-order valence-electron chi connectivity index (χ4n) is 2.04. The van der Waals surface area contributed by atoms with E-state index >= 15 is 0 Å². The Morgan fingerprint density at radius 1 is 1.27 bits per heavy atom. The molecule has 22 heavy (non-hydrogen) atoms. The van der Waals surface area contributed by atoms with Gasteiger partial charge in [0.2, 0.25) is 5.88 Å². The van der Waals surface area contributed by atoms with Gasteiger partial charge in [0.05, 0.1) is 13.2 Å². The van der Waals surface area contributed by atoms with Crippen LogP contribution in [0.4, 0.5) is 4.79 Å². The third-order valence-corrected chi connectivity index (χ3v) is 3.28. The number of hydrogen-bond donors (Lipinski definition) is 2. The van der Waals surface area contributed by atoms with E-state index in [1.54, 1.807) is 31.8 Å². The molecule has 116 valence electrons. The first kappa shape index (κ1) is 15.8. The van der Waals surface area contributed by atoms with Gasteiger partial charge in [-0.1, -0.05) is 13.0 Å². The Kier molecular flexibility index (Phi) is 5.71. The van der Waals surface area contributed by atoms with E-state index < -0.39 is 0 Å². The standard InChI is InChI=1S/C16H20N4O2/c1-3-14(13-6-8-17-9-7-13)20-16(21)19-11-12-4-5-15(22-2)18-10-12/h4-10,14H,3,11H2,1-2H3,(H2,19,20,21). The number of rotatable bonds is 6. The largest absolute Gasteiger partial charge is 0.481 e. The predicted octanol–water partition coefficient (Wildman–Crippen LogP) is 2.44. The minimum atomic E-state index is -0.209. The van der Waals surface area contributed by atoms with E-state index in [4.69, 9.17) is 4.74 Å². The van der Waals surface area contributed by atoms with E-state index in [-0.39, 0.29) is 12.1 Å². The van der Waals surface area contributed by atoms with Crippen LogP contribution < -0.4 is 15.4 Å². The molecule has 2 rings (SSSR count). The van der Waals surface area contributed by atoms with Crippen molar-refractivity contribution in [2.45, 2.75) is 25.9 Å². The van der Waals surface area contributed by atoms with E-state index in [1.165, 1.54) is 0 Å². The molecule has 2 amide bonds. The summed E-state index contributed by atoms with van der Waals surface area (Å²) >= 11 is 0. The Morgan fingerprint density at radius 2 is 2.05 bits per heavy atom. The van der Waals surface area contributed by atoms with E-state index in [0.29, 0.717) is 12.4 Å². The van der Waals surface area contributed by atoms with Crippen molar-refractivity contribution in [3.63, 3.8) is 0 Å². The molecular weight excluding hydrogens is 280 g/mol.